The highest BCUT2D eigenvalue weighted by Crippen LogP contribution is 2.10. The van der Waals surface area contributed by atoms with Crippen LogP contribution in [-0.2, 0) is 0 Å². The maximum absolute atomic E-state index is 11.4. The van der Waals surface area contributed by atoms with E-state index >= 15 is 0 Å². The molecule has 14 heavy (non-hydrogen) atoms. The van der Waals surface area contributed by atoms with Crippen LogP contribution in [0.3, 0.4) is 0 Å². The third-order valence-corrected chi connectivity index (χ3v) is 2.18. The van der Waals surface area contributed by atoms with Crippen LogP contribution in [0.15, 0.2) is 28.7 Å². The summed E-state index contributed by atoms with van der Waals surface area (Å²) in [5, 5.41) is 11.1. The Labute approximate surface area is 90.9 Å². The van der Waals surface area contributed by atoms with Gasteiger partial charge in [-0.2, -0.15) is 5.26 Å². The Morgan fingerprint density at radius 2 is 2.07 bits per heavy atom. The topological polar surface area (TPSA) is 52.9 Å². The molecule has 0 aliphatic heterocycles. The summed E-state index contributed by atoms with van der Waals surface area (Å²) >= 11 is 3.28. The first-order valence-corrected chi connectivity index (χ1v) is 4.89. The van der Waals surface area contributed by atoms with E-state index in [2.05, 4.69) is 21.2 Å². The van der Waals surface area contributed by atoms with E-state index in [0.29, 0.717) is 5.56 Å². The molecule has 1 aromatic carbocycles. The Kier molecular flexibility index (Phi) is 3.66. The number of carbonyl (C=O) groups excluding carboxylic acids is 1. The number of nitriles is 1. The van der Waals surface area contributed by atoms with E-state index in [1.807, 2.05) is 6.07 Å². The monoisotopic (exact) mass is 252 g/mol. The van der Waals surface area contributed by atoms with E-state index < -0.39 is 6.04 Å². The van der Waals surface area contributed by atoms with Crippen molar-refractivity contribution < 1.29 is 4.79 Å². The fourth-order valence-corrected chi connectivity index (χ4v) is 1.18. The first-order valence-electron chi connectivity index (χ1n) is 4.09. The molecular weight excluding hydrogens is 244 g/mol. The zero-order valence-corrected chi connectivity index (χ0v) is 9.21. The average molecular weight is 253 g/mol. The van der Waals surface area contributed by atoms with E-state index in [4.69, 9.17) is 5.26 Å². The fourth-order valence-electron chi connectivity index (χ4n) is 0.914. The number of halogens is 1. The molecule has 0 saturated carbocycles. The predicted molar refractivity (Wildman–Crippen MR) is 56.7 cm³/mol. The normalized spacial score (nSPS) is 11.5. The first-order chi connectivity index (χ1) is 6.63. The summed E-state index contributed by atoms with van der Waals surface area (Å²) in [5.74, 6) is -0.230. The highest BCUT2D eigenvalue weighted by atomic mass is 79.9. The van der Waals surface area contributed by atoms with Gasteiger partial charge in [0.15, 0.2) is 0 Å². The highest BCUT2D eigenvalue weighted by molar-refractivity contribution is 9.10. The van der Waals surface area contributed by atoms with Gasteiger partial charge in [0.05, 0.1) is 6.07 Å². The van der Waals surface area contributed by atoms with Crippen molar-refractivity contribution in [1.29, 1.82) is 5.26 Å². The van der Waals surface area contributed by atoms with Crippen LogP contribution < -0.4 is 5.32 Å². The Morgan fingerprint density at radius 1 is 1.50 bits per heavy atom. The summed E-state index contributed by atoms with van der Waals surface area (Å²) in [7, 11) is 0. The van der Waals surface area contributed by atoms with Crippen molar-refractivity contribution in [3.63, 3.8) is 0 Å². The molecule has 0 fully saturated rings. The van der Waals surface area contributed by atoms with Crippen LogP contribution in [0.5, 0.6) is 0 Å². The molecule has 0 radical (unpaired) electrons. The van der Waals surface area contributed by atoms with Crippen molar-refractivity contribution in [2.75, 3.05) is 0 Å². The first kappa shape index (κ1) is 10.7. The van der Waals surface area contributed by atoms with E-state index in [-0.39, 0.29) is 5.91 Å². The molecule has 1 aromatic rings. The van der Waals surface area contributed by atoms with E-state index in [9.17, 15) is 4.79 Å². The number of nitrogens with one attached hydrogen (secondary N) is 1. The van der Waals surface area contributed by atoms with E-state index in [0.717, 1.165) is 4.47 Å². The Morgan fingerprint density at radius 3 is 2.57 bits per heavy atom. The number of carbonyl (C=O) groups is 1. The molecule has 3 nitrogen and oxygen atoms in total. The van der Waals surface area contributed by atoms with Gasteiger partial charge in [-0.25, -0.2) is 0 Å². The highest BCUT2D eigenvalue weighted by Gasteiger charge is 2.07. The summed E-state index contributed by atoms with van der Waals surface area (Å²) < 4.78 is 0.919. The lowest BCUT2D eigenvalue weighted by molar-refractivity contribution is 0.0948. The van der Waals surface area contributed by atoms with Gasteiger partial charge in [0.25, 0.3) is 5.91 Å². The summed E-state index contributed by atoms with van der Waals surface area (Å²) in [4.78, 5) is 11.4. The molecule has 0 spiro atoms. The predicted octanol–water partition coefficient (Wildman–Crippen LogP) is 2.09. The SMILES string of the molecule is CC(C#N)NC(=O)c1ccc(Br)cc1. The molecule has 1 N–H and O–H groups in total. The van der Waals surface area contributed by atoms with Crippen LogP contribution in [0, 0.1) is 11.3 Å². The van der Waals surface area contributed by atoms with Gasteiger partial charge in [0.2, 0.25) is 0 Å². The Hall–Kier alpha value is -1.34. The summed E-state index contributed by atoms with van der Waals surface area (Å²) in [6.07, 6.45) is 0. The molecule has 0 bridgehead atoms. The maximum atomic E-state index is 11.4. The van der Waals surface area contributed by atoms with E-state index in [1.165, 1.54) is 0 Å². The zero-order valence-electron chi connectivity index (χ0n) is 7.62. The Balaban J connectivity index is 2.71. The third-order valence-electron chi connectivity index (χ3n) is 1.65. The number of nitrogens with zero attached hydrogens (tertiary/aromatic N) is 1. The lowest BCUT2D eigenvalue weighted by atomic mass is 10.2. The third kappa shape index (κ3) is 2.86. The van der Waals surface area contributed by atoms with Gasteiger partial charge < -0.3 is 5.32 Å². The van der Waals surface area contributed by atoms with Crippen LogP contribution in [0.2, 0.25) is 0 Å². The van der Waals surface area contributed by atoms with Crippen LogP contribution >= 0.6 is 15.9 Å². The molecule has 1 unspecified atom stereocenters. The number of hydrogen-bond donors (Lipinski definition) is 1. The van der Waals surface area contributed by atoms with Crippen molar-refractivity contribution in [2.45, 2.75) is 13.0 Å². The molecule has 72 valence electrons. The van der Waals surface area contributed by atoms with Crippen LogP contribution in [0.4, 0.5) is 0 Å². The Bertz CT molecular complexity index is 367. The molecule has 0 aliphatic rings. The summed E-state index contributed by atoms with van der Waals surface area (Å²) in [6, 6.07) is 8.43. The van der Waals surface area contributed by atoms with Crippen molar-refractivity contribution in [1.82, 2.24) is 5.32 Å². The molecule has 0 aromatic heterocycles. The van der Waals surface area contributed by atoms with Gasteiger partial charge in [-0.15, -0.1) is 0 Å². The summed E-state index contributed by atoms with van der Waals surface area (Å²) in [5.41, 5.74) is 0.551. The smallest absolute Gasteiger partial charge is 0.252 e. The van der Waals surface area contributed by atoms with Crippen molar-refractivity contribution in [2.24, 2.45) is 0 Å². The minimum absolute atomic E-state index is 0.230. The van der Waals surface area contributed by atoms with Crippen LogP contribution in [-0.4, -0.2) is 11.9 Å². The molecule has 0 aliphatic carbocycles. The van der Waals surface area contributed by atoms with Crippen LogP contribution in [0.25, 0.3) is 0 Å². The van der Waals surface area contributed by atoms with Crippen LogP contribution in [0.1, 0.15) is 17.3 Å². The molecule has 1 atom stereocenters. The number of benzene rings is 1. The van der Waals surface area contributed by atoms with Crippen molar-refractivity contribution >= 4 is 21.8 Å². The summed E-state index contributed by atoms with van der Waals surface area (Å²) in [6.45, 7) is 1.64. The number of amides is 1. The average Bonchev–Trinajstić information content (AvgIpc) is 2.18. The van der Waals surface area contributed by atoms with Crippen molar-refractivity contribution in [3.8, 4) is 6.07 Å². The second kappa shape index (κ2) is 4.77. The van der Waals surface area contributed by atoms with Gasteiger partial charge in [-0.3, -0.25) is 4.79 Å². The van der Waals surface area contributed by atoms with Gasteiger partial charge in [0.1, 0.15) is 6.04 Å². The second-order valence-electron chi connectivity index (χ2n) is 2.83. The van der Waals surface area contributed by atoms with E-state index in [1.54, 1.807) is 31.2 Å². The molecule has 4 heteroatoms. The molecule has 0 heterocycles. The van der Waals surface area contributed by atoms with Gasteiger partial charge in [-0.05, 0) is 31.2 Å². The van der Waals surface area contributed by atoms with Gasteiger partial charge in [-0.1, -0.05) is 15.9 Å². The minimum Gasteiger partial charge on any atom is -0.337 e. The molecule has 0 saturated heterocycles. The largest absolute Gasteiger partial charge is 0.337 e. The maximum Gasteiger partial charge on any atom is 0.252 e. The van der Waals surface area contributed by atoms with Gasteiger partial charge in [0, 0.05) is 10.0 Å². The number of hydrogen-bond acceptors (Lipinski definition) is 2. The second-order valence-corrected chi connectivity index (χ2v) is 3.75. The zero-order chi connectivity index (χ0) is 10.6. The molecule has 1 amide bonds. The number of rotatable bonds is 2. The standard InChI is InChI=1S/C10H9BrN2O/c1-7(6-12)13-10(14)8-2-4-9(11)5-3-8/h2-5,7H,1H3,(H,13,14). The lowest BCUT2D eigenvalue weighted by Gasteiger charge is -2.05. The van der Waals surface area contributed by atoms with Gasteiger partial charge >= 0.3 is 0 Å². The van der Waals surface area contributed by atoms with Crippen molar-refractivity contribution in [3.05, 3.63) is 34.3 Å². The quantitative estimate of drug-likeness (QED) is 0.877. The molecular formula is C10H9BrN2O. The fraction of sp³-hybridized carbons (Fsp3) is 0.200. The lowest BCUT2D eigenvalue weighted by Crippen LogP contribution is -2.31. The minimum atomic E-state index is -0.467. The molecule has 1 rings (SSSR count).